The van der Waals surface area contributed by atoms with Crippen molar-refractivity contribution in [3.8, 4) is 0 Å². The van der Waals surface area contributed by atoms with Crippen molar-refractivity contribution in [3.63, 3.8) is 0 Å². The van der Waals surface area contributed by atoms with E-state index in [1.807, 2.05) is 19.1 Å². The van der Waals surface area contributed by atoms with E-state index in [4.69, 9.17) is 14.3 Å². The fraction of sp³-hybridized carbons (Fsp3) is 0.643. The van der Waals surface area contributed by atoms with Crippen molar-refractivity contribution in [3.05, 3.63) is 23.7 Å². The van der Waals surface area contributed by atoms with Crippen LogP contribution < -0.4 is 0 Å². The van der Waals surface area contributed by atoms with E-state index in [0.29, 0.717) is 6.61 Å². The fourth-order valence-corrected chi connectivity index (χ4v) is 2.34. The van der Waals surface area contributed by atoms with E-state index in [9.17, 15) is 4.79 Å². The van der Waals surface area contributed by atoms with Gasteiger partial charge in [-0.15, -0.1) is 0 Å². The fourth-order valence-electron chi connectivity index (χ4n) is 2.34. The molecule has 0 aromatic carbocycles. The summed E-state index contributed by atoms with van der Waals surface area (Å²) in [5.74, 6) is 1.15. The number of carboxylic acids is 1. The molecular weight excluding hydrogens is 246 g/mol. The van der Waals surface area contributed by atoms with E-state index in [2.05, 4.69) is 4.90 Å². The molecule has 0 spiro atoms. The molecule has 1 N–H and O–H groups in total. The predicted molar refractivity (Wildman–Crippen MR) is 69.9 cm³/mol. The lowest BCUT2D eigenvalue weighted by atomic mass is 10.1. The second-order valence-corrected chi connectivity index (χ2v) is 5.00. The van der Waals surface area contributed by atoms with Gasteiger partial charge in [0, 0.05) is 13.1 Å². The zero-order valence-electron chi connectivity index (χ0n) is 11.3. The molecule has 1 saturated heterocycles. The summed E-state index contributed by atoms with van der Waals surface area (Å²) in [6, 6.07) is 4.00. The molecule has 2 heterocycles. The number of hydrogen-bond donors (Lipinski definition) is 1. The summed E-state index contributed by atoms with van der Waals surface area (Å²) in [6.07, 6.45) is 2.21. The summed E-state index contributed by atoms with van der Waals surface area (Å²) >= 11 is 0. The minimum absolute atomic E-state index is 0.0892. The van der Waals surface area contributed by atoms with Crippen molar-refractivity contribution in [2.24, 2.45) is 0 Å². The first-order valence-electron chi connectivity index (χ1n) is 6.74. The summed E-state index contributed by atoms with van der Waals surface area (Å²) < 4.78 is 11.1. The van der Waals surface area contributed by atoms with Crippen LogP contribution in [0.25, 0.3) is 0 Å². The molecule has 0 bridgehead atoms. The Morgan fingerprint density at radius 3 is 2.79 bits per heavy atom. The van der Waals surface area contributed by atoms with E-state index < -0.39 is 5.97 Å². The average molecular weight is 267 g/mol. The number of nitrogens with zero attached hydrogens (tertiary/aromatic N) is 1. The highest BCUT2D eigenvalue weighted by Crippen LogP contribution is 2.17. The van der Waals surface area contributed by atoms with Gasteiger partial charge in [-0.3, -0.25) is 9.69 Å². The third kappa shape index (κ3) is 4.69. The maximum atomic E-state index is 10.4. The third-order valence-electron chi connectivity index (χ3n) is 3.38. The van der Waals surface area contributed by atoms with Gasteiger partial charge in [-0.25, -0.2) is 0 Å². The first kappa shape index (κ1) is 14.1. The van der Waals surface area contributed by atoms with Crippen LogP contribution in [-0.2, 0) is 16.1 Å². The van der Waals surface area contributed by atoms with Gasteiger partial charge in [0.15, 0.2) is 0 Å². The summed E-state index contributed by atoms with van der Waals surface area (Å²) in [6.45, 7) is 5.05. The average Bonchev–Trinajstić information content (AvgIpc) is 2.77. The smallest absolute Gasteiger partial charge is 0.305 e. The molecule has 1 aromatic heterocycles. The molecule has 106 valence electrons. The Morgan fingerprint density at radius 1 is 1.47 bits per heavy atom. The summed E-state index contributed by atoms with van der Waals surface area (Å²) in [7, 11) is 0. The quantitative estimate of drug-likeness (QED) is 0.854. The topological polar surface area (TPSA) is 62.9 Å². The summed E-state index contributed by atoms with van der Waals surface area (Å²) in [5.41, 5.74) is 0. The lowest BCUT2D eigenvalue weighted by molar-refractivity contribution is -0.138. The molecule has 1 aliphatic rings. The van der Waals surface area contributed by atoms with Gasteiger partial charge >= 0.3 is 5.97 Å². The van der Waals surface area contributed by atoms with Gasteiger partial charge in [-0.05, 0) is 31.9 Å². The molecular formula is C14H21NO4. The van der Waals surface area contributed by atoms with E-state index in [-0.39, 0.29) is 12.5 Å². The number of hydrogen-bond acceptors (Lipinski definition) is 4. The number of rotatable bonds is 6. The van der Waals surface area contributed by atoms with Crippen molar-refractivity contribution >= 4 is 5.97 Å². The zero-order chi connectivity index (χ0) is 13.7. The Morgan fingerprint density at radius 2 is 2.21 bits per heavy atom. The highest BCUT2D eigenvalue weighted by Gasteiger charge is 2.20. The second kappa shape index (κ2) is 6.73. The highest BCUT2D eigenvalue weighted by molar-refractivity contribution is 5.66. The number of likely N-dealkylation sites (tertiary alicyclic amines) is 1. The van der Waals surface area contributed by atoms with E-state index in [1.165, 1.54) is 0 Å². The van der Waals surface area contributed by atoms with E-state index >= 15 is 0 Å². The van der Waals surface area contributed by atoms with Crippen LogP contribution in [-0.4, -0.2) is 41.8 Å². The maximum Gasteiger partial charge on any atom is 0.305 e. The molecule has 1 fully saturated rings. The SMILES string of the molecule is Cc1ccc(CN2CCC(OCCC(=O)O)CC2)o1. The van der Waals surface area contributed by atoms with Gasteiger partial charge in [0.1, 0.15) is 11.5 Å². The number of carbonyl (C=O) groups is 1. The molecule has 19 heavy (non-hydrogen) atoms. The molecule has 0 saturated carbocycles. The lowest BCUT2D eigenvalue weighted by Crippen LogP contribution is -2.36. The van der Waals surface area contributed by atoms with Gasteiger partial charge in [-0.1, -0.05) is 0 Å². The van der Waals surface area contributed by atoms with Crippen molar-refractivity contribution in [1.29, 1.82) is 0 Å². The largest absolute Gasteiger partial charge is 0.481 e. The van der Waals surface area contributed by atoms with Crippen LogP contribution in [0.4, 0.5) is 0 Å². The van der Waals surface area contributed by atoms with Crippen LogP contribution >= 0.6 is 0 Å². The minimum Gasteiger partial charge on any atom is -0.481 e. The van der Waals surface area contributed by atoms with Crippen molar-refractivity contribution in [2.75, 3.05) is 19.7 Å². The molecule has 1 aromatic rings. The van der Waals surface area contributed by atoms with Gasteiger partial charge in [0.25, 0.3) is 0 Å². The number of piperidine rings is 1. The first-order chi connectivity index (χ1) is 9.13. The molecule has 5 heteroatoms. The van der Waals surface area contributed by atoms with Crippen LogP contribution in [0, 0.1) is 6.92 Å². The second-order valence-electron chi connectivity index (χ2n) is 5.00. The Kier molecular flexibility index (Phi) is 4.99. The lowest BCUT2D eigenvalue weighted by Gasteiger charge is -2.31. The molecule has 0 amide bonds. The van der Waals surface area contributed by atoms with Gasteiger partial charge < -0.3 is 14.3 Å². The molecule has 2 rings (SSSR count). The van der Waals surface area contributed by atoms with E-state index in [1.54, 1.807) is 0 Å². The Labute approximate surface area is 113 Å². The van der Waals surface area contributed by atoms with Gasteiger partial charge in [0.2, 0.25) is 0 Å². The standard InChI is InChI=1S/C14H21NO4/c1-11-2-3-13(19-11)10-15-7-4-12(5-8-15)18-9-6-14(16)17/h2-3,12H,4-10H2,1H3,(H,16,17). The number of aliphatic carboxylic acids is 1. The predicted octanol–water partition coefficient (Wildman–Crippen LogP) is 2.04. The van der Waals surface area contributed by atoms with Gasteiger partial charge in [-0.2, -0.15) is 0 Å². The van der Waals surface area contributed by atoms with Crippen LogP contribution in [0.5, 0.6) is 0 Å². The third-order valence-corrected chi connectivity index (χ3v) is 3.38. The molecule has 0 unspecified atom stereocenters. The van der Waals surface area contributed by atoms with Crippen LogP contribution in [0.1, 0.15) is 30.8 Å². The van der Waals surface area contributed by atoms with Crippen LogP contribution in [0.15, 0.2) is 16.5 Å². The number of furan rings is 1. The monoisotopic (exact) mass is 267 g/mol. The van der Waals surface area contributed by atoms with Crippen LogP contribution in [0.2, 0.25) is 0 Å². The van der Waals surface area contributed by atoms with Crippen molar-refractivity contribution in [2.45, 2.75) is 38.8 Å². The molecule has 5 nitrogen and oxygen atoms in total. The van der Waals surface area contributed by atoms with Crippen molar-refractivity contribution < 1.29 is 19.1 Å². The number of carboxylic acid groups (broad SMARTS) is 1. The molecule has 0 radical (unpaired) electrons. The molecule has 0 aliphatic carbocycles. The Balaban J connectivity index is 1.66. The van der Waals surface area contributed by atoms with Crippen molar-refractivity contribution in [1.82, 2.24) is 4.90 Å². The van der Waals surface area contributed by atoms with E-state index in [0.717, 1.165) is 44.0 Å². The Hall–Kier alpha value is -1.33. The normalized spacial score (nSPS) is 17.7. The maximum absolute atomic E-state index is 10.4. The summed E-state index contributed by atoms with van der Waals surface area (Å²) in [5, 5.41) is 8.55. The Bertz CT molecular complexity index is 407. The highest BCUT2D eigenvalue weighted by atomic mass is 16.5. The number of aryl methyl sites for hydroxylation is 1. The minimum atomic E-state index is -0.800. The van der Waals surface area contributed by atoms with Crippen LogP contribution in [0.3, 0.4) is 0 Å². The first-order valence-corrected chi connectivity index (χ1v) is 6.74. The zero-order valence-corrected chi connectivity index (χ0v) is 11.3. The summed E-state index contributed by atoms with van der Waals surface area (Å²) in [4.78, 5) is 12.7. The molecule has 0 atom stereocenters. The molecule has 1 aliphatic heterocycles. The van der Waals surface area contributed by atoms with Gasteiger partial charge in [0.05, 0.1) is 25.7 Å². The number of ether oxygens (including phenoxy) is 1.